The van der Waals surface area contributed by atoms with Crippen LogP contribution in [0.15, 0.2) is 24.3 Å². The number of carbonyl (C=O) groups excluding carboxylic acids is 1. The number of carbonyl (C=O) groups is 1. The van der Waals surface area contributed by atoms with Gasteiger partial charge in [0.05, 0.1) is 6.61 Å². The first-order valence-corrected chi connectivity index (χ1v) is 7.10. The Morgan fingerprint density at radius 3 is 2.47 bits per heavy atom. The summed E-state index contributed by atoms with van der Waals surface area (Å²) in [4.78, 5) is 11.7. The zero-order valence-corrected chi connectivity index (χ0v) is 12.3. The second-order valence-corrected chi connectivity index (χ2v) is 4.63. The monoisotopic (exact) mass is 284 g/mol. The van der Waals surface area contributed by atoms with Crippen molar-refractivity contribution in [1.82, 2.24) is 0 Å². The predicted octanol–water partition coefficient (Wildman–Crippen LogP) is 3.75. The van der Waals surface area contributed by atoms with E-state index in [1.54, 1.807) is 7.11 Å². The molecule has 1 rings (SSSR count). The van der Waals surface area contributed by atoms with Gasteiger partial charge in [-0.25, -0.2) is 0 Å². The molecule has 0 amide bonds. The molecule has 106 valence electrons. The van der Waals surface area contributed by atoms with Crippen LogP contribution in [0, 0.1) is 0 Å². The number of methoxy groups -OCH3 is 1. The molecule has 1 aromatic rings. The summed E-state index contributed by atoms with van der Waals surface area (Å²) in [6.07, 6.45) is 1.89. The summed E-state index contributed by atoms with van der Waals surface area (Å²) in [5, 5.41) is 0. The Morgan fingerprint density at radius 1 is 1.26 bits per heavy atom. The minimum absolute atomic E-state index is 0.0817. The zero-order valence-electron chi connectivity index (χ0n) is 11.5. The van der Waals surface area contributed by atoms with Crippen molar-refractivity contribution < 1.29 is 14.3 Å². The van der Waals surface area contributed by atoms with Crippen LogP contribution in [-0.4, -0.2) is 25.4 Å². The van der Waals surface area contributed by atoms with Gasteiger partial charge in [-0.15, -0.1) is 11.6 Å². The van der Waals surface area contributed by atoms with Crippen LogP contribution in [0.1, 0.15) is 37.9 Å². The van der Waals surface area contributed by atoms with Gasteiger partial charge in [-0.2, -0.15) is 0 Å². The summed E-state index contributed by atoms with van der Waals surface area (Å²) in [7, 11) is 1.55. The molecular weight excluding hydrogens is 264 g/mol. The fourth-order valence-electron chi connectivity index (χ4n) is 1.76. The highest BCUT2D eigenvalue weighted by atomic mass is 35.5. The first-order valence-electron chi connectivity index (χ1n) is 6.57. The van der Waals surface area contributed by atoms with Gasteiger partial charge >= 0.3 is 0 Å². The van der Waals surface area contributed by atoms with E-state index in [1.165, 1.54) is 0 Å². The SMILES string of the molecule is CCC(=O)C(OC)c1ccc(OCCCCCl)cc1. The van der Waals surface area contributed by atoms with Gasteiger partial charge in [0, 0.05) is 19.4 Å². The maximum Gasteiger partial charge on any atom is 0.165 e. The van der Waals surface area contributed by atoms with Crippen LogP contribution < -0.4 is 4.74 Å². The lowest BCUT2D eigenvalue weighted by atomic mass is 10.0. The minimum Gasteiger partial charge on any atom is -0.494 e. The van der Waals surface area contributed by atoms with E-state index in [0.29, 0.717) is 18.9 Å². The third-order valence-corrected chi connectivity index (χ3v) is 3.12. The summed E-state index contributed by atoms with van der Waals surface area (Å²) in [6.45, 7) is 2.50. The Morgan fingerprint density at radius 2 is 1.95 bits per heavy atom. The summed E-state index contributed by atoms with van der Waals surface area (Å²) in [5.74, 6) is 1.55. The van der Waals surface area contributed by atoms with Gasteiger partial charge in [-0.05, 0) is 30.5 Å². The second kappa shape index (κ2) is 8.94. The Bertz CT molecular complexity index is 375. The van der Waals surface area contributed by atoms with Crippen LogP contribution in [-0.2, 0) is 9.53 Å². The molecule has 19 heavy (non-hydrogen) atoms. The number of hydrogen-bond acceptors (Lipinski definition) is 3. The van der Waals surface area contributed by atoms with Crippen LogP contribution in [0.2, 0.25) is 0 Å². The van der Waals surface area contributed by atoms with Crippen LogP contribution in [0.25, 0.3) is 0 Å². The molecule has 0 bridgehead atoms. The first-order chi connectivity index (χ1) is 9.22. The van der Waals surface area contributed by atoms with Crippen molar-refractivity contribution in [3.8, 4) is 5.75 Å². The van der Waals surface area contributed by atoms with Gasteiger partial charge in [0.25, 0.3) is 0 Å². The third kappa shape index (κ3) is 5.21. The second-order valence-electron chi connectivity index (χ2n) is 4.25. The number of halogens is 1. The molecule has 1 unspecified atom stereocenters. The summed E-state index contributed by atoms with van der Waals surface area (Å²) >= 11 is 5.60. The molecule has 0 fully saturated rings. The quantitative estimate of drug-likeness (QED) is 0.512. The first kappa shape index (κ1) is 16.0. The van der Waals surface area contributed by atoms with Gasteiger partial charge in [-0.1, -0.05) is 19.1 Å². The Hall–Kier alpha value is -1.06. The highest BCUT2D eigenvalue weighted by Crippen LogP contribution is 2.22. The van der Waals surface area contributed by atoms with E-state index in [9.17, 15) is 4.79 Å². The van der Waals surface area contributed by atoms with E-state index in [1.807, 2.05) is 31.2 Å². The van der Waals surface area contributed by atoms with Gasteiger partial charge in [0.2, 0.25) is 0 Å². The molecule has 0 aliphatic rings. The molecule has 0 spiro atoms. The molecule has 0 aliphatic heterocycles. The van der Waals surface area contributed by atoms with Crippen LogP contribution in [0.5, 0.6) is 5.75 Å². The lowest BCUT2D eigenvalue weighted by molar-refractivity contribution is -0.128. The highest BCUT2D eigenvalue weighted by molar-refractivity contribution is 6.17. The zero-order chi connectivity index (χ0) is 14.1. The van der Waals surface area contributed by atoms with Crippen LogP contribution >= 0.6 is 11.6 Å². The normalized spacial score (nSPS) is 12.2. The van der Waals surface area contributed by atoms with Crippen molar-refractivity contribution in [2.24, 2.45) is 0 Å². The lowest BCUT2D eigenvalue weighted by Crippen LogP contribution is -2.13. The maximum absolute atomic E-state index is 11.7. The van der Waals surface area contributed by atoms with Crippen molar-refractivity contribution in [2.45, 2.75) is 32.3 Å². The smallest absolute Gasteiger partial charge is 0.165 e. The highest BCUT2D eigenvalue weighted by Gasteiger charge is 2.17. The Balaban J connectivity index is 2.57. The lowest BCUT2D eigenvalue weighted by Gasteiger charge is -2.14. The van der Waals surface area contributed by atoms with Gasteiger partial charge in [0.1, 0.15) is 11.9 Å². The molecule has 1 atom stereocenters. The number of ether oxygens (including phenoxy) is 2. The molecule has 0 saturated heterocycles. The Labute approximate surface area is 119 Å². The average molecular weight is 285 g/mol. The Kier molecular flexibility index (Phi) is 7.53. The molecule has 0 N–H and O–H groups in total. The maximum atomic E-state index is 11.7. The summed E-state index contributed by atoms with van der Waals surface area (Å²) < 4.78 is 10.8. The molecule has 3 nitrogen and oxygen atoms in total. The van der Waals surface area contributed by atoms with E-state index in [-0.39, 0.29) is 5.78 Å². The van der Waals surface area contributed by atoms with Crippen molar-refractivity contribution in [3.05, 3.63) is 29.8 Å². The van der Waals surface area contributed by atoms with E-state index in [2.05, 4.69) is 0 Å². The third-order valence-electron chi connectivity index (χ3n) is 2.86. The number of ketones is 1. The fourth-order valence-corrected chi connectivity index (χ4v) is 1.95. The standard InChI is InChI=1S/C15H21ClO3/c1-3-14(17)15(18-2)12-6-8-13(9-7-12)19-11-5-4-10-16/h6-9,15H,3-5,10-11H2,1-2H3. The summed E-state index contributed by atoms with van der Waals surface area (Å²) in [5.41, 5.74) is 0.863. The van der Waals surface area contributed by atoms with Gasteiger partial charge < -0.3 is 9.47 Å². The van der Waals surface area contributed by atoms with E-state index in [4.69, 9.17) is 21.1 Å². The number of unbranched alkanes of at least 4 members (excludes halogenated alkanes) is 1. The number of hydrogen-bond donors (Lipinski definition) is 0. The van der Waals surface area contributed by atoms with Gasteiger partial charge in [-0.3, -0.25) is 4.79 Å². The largest absolute Gasteiger partial charge is 0.494 e. The number of alkyl halides is 1. The predicted molar refractivity (Wildman–Crippen MR) is 76.9 cm³/mol. The molecule has 0 saturated carbocycles. The van der Waals surface area contributed by atoms with Crippen LogP contribution in [0.4, 0.5) is 0 Å². The molecule has 1 aromatic carbocycles. The molecule has 0 heterocycles. The van der Waals surface area contributed by atoms with E-state index in [0.717, 1.165) is 24.2 Å². The molecule has 0 aromatic heterocycles. The topological polar surface area (TPSA) is 35.5 Å². The van der Waals surface area contributed by atoms with Crippen molar-refractivity contribution in [2.75, 3.05) is 19.6 Å². The van der Waals surface area contributed by atoms with Gasteiger partial charge in [0.15, 0.2) is 5.78 Å². The number of Topliss-reactive ketones (excluding diaryl/α,β-unsaturated/α-hetero) is 1. The van der Waals surface area contributed by atoms with Crippen molar-refractivity contribution in [1.29, 1.82) is 0 Å². The van der Waals surface area contributed by atoms with Crippen molar-refractivity contribution >= 4 is 17.4 Å². The number of rotatable bonds is 9. The van der Waals surface area contributed by atoms with Crippen LogP contribution in [0.3, 0.4) is 0 Å². The number of benzene rings is 1. The molecule has 4 heteroatoms. The van der Waals surface area contributed by atoms with Crippen molar-refractivity contribution in [3.63, 3.8) is 0 Å². The molecule has 0 aliphatic carbocycles. The summed E-state index contributed by atoms with van der Waals surface area (Å²) in [6, 6.07) is 7.48. The molecular formula is C15H21ClO3. The van der Waals surface area contributed by atoms with E-state index < -0.39 is 6.10 Å². The molecule has 0 radical (unpaired) electrons. The fraction of sp³-hybridized carbons (Fsp3) is 0.533. The average Bonchev–Trinajstić information content (AvgIpc) is 2.45. The minimum atomic E-state index is -0.477. The van der Waals surface area contributed by atoms with E-state index >= 15 is 0 Å².